The molecule has 16 heavy (non-hydrogen) atoms. The van der Waals surface area contributed by atoms with E-state index in [-0.39, 0.29) is 11.9 Å². The molecule has 0 aliphatic heterocycles. The van der Waals surface area contributed by atoms with E-state index < -0.39 is 0 Å². The van der Waals surface area contributed by atoms with Crippen LogP contribution in [0.2, 0.25) is 0 Å². The molecule has 2 aliphatic rings. The molecule has 2 fully saturated rings. The van der Waals surface area contributed by atoms with Gasteiger partial charge in [0.25, 0.3) is 0 Å². The summed E-state index contributed by atoms with van der Waals surface area (Å²) in [6, 6.07) is 0.114. The summed E-state index contributed by atoms with van der Waals surface area (Å²) in [5, 5.41) is 0. The van der Waals surface area contributed by atoms with Gasteiger partial charge in [0.2, 0.25) is 5.91 Å². The standard InChI is InChI=1S/C13H24N2O/c1-2-15(9-10-4-3-5-10)13(16)8-12(14)11-6-7-11/h10-12H,2-9,14H2,1H3. The van der Waals surface area contributed by atoms with Gasteiger partial charge in [-0.2, -0.15) is 0 Å². The van der Waals surface area contributed by atoms with Crippen molar-refractivity contribution in [1.82, 2.24) is 4.90 Å². The van der Waals surface area contributed by atoms with Crippen LogP contribution < -0.4 is 5.73 Å². The highest BCUT2D eigenvalue weighted by molar-refractivity contribution is 5.76. The van der Waals surface area contributed by atoms with Crippen LogP contribution in [0.4, 0.5) is 0 Å². The Balaban J connectivity index is 1.74. The first-order valence-electron chi connectivity index (χ1n) is 6.74. The fraction of sp³-hybridized carbons (Fsp3) is 0.923. The maximum atomic E-state index is 12.0. The molecular formula is C13H24N2O. The summed E-state index contributed by atoms with van der Waals surface area (Å²) >= 11 is 0. The van der Waals surface area contributed by atoms with E-state index in [0.29, 0.717) is 12.3 Å². The maximum absolute atomic E-state index is 12.0. The quantitative estimate of drug-likeness (QED) is 0.747. The van der Waals surface area contributed by atoms with Crippen molar-refractivity contribution >= 4 is 5.91 Å². The van der Waals surface area contributed by atoms with Gasteiger partial charge < -0.3 is 10.6 Å². The van der Waals surface area contributed by atoms with Gasteiger partial charge in [0.1, 0.15) is 0 Å². The fourth-order valence-electron chi connectivity index (χ4n) is 2.42. The molecule has 2 aliphatic carbocycles. The highest BCUT2D eigenvalue weighted by Crippen LogP contribution is 2.33. The molecule has 1 unspecified atom stereocenters. The highest BCUT2D eigenvalue weighted by Gasteiger charge is 2.31. The number of rotatable bonds is 6. The molecule has 0 bridgehead atoms. The van der Waals surface area contributed by atoms with E-state index in [4.69, 9.17) is 5.73 Å². The molecule has 2 rings (SSSR count). The molecule has 0 aromatic carbocycles. The van der Waals surface area contributed by atoms with Crippen LogP contribution in [0.5, 0.6) is 0 Å². The molecule has 92 valence electrons. The predicted octanol–water partition coefficient (Wildman–Crippen LogP) is 1.76. The number of hydrogen-bond acceptors (Lipinski definition) is 2. The van der Waals surface area contributed by atoms with Crippen molar-refractivity contribution in [2.45, 2.75) is 51.5 Å². The lowest BCUT2D eigenvalue weighted by atomic mass is 9.85. The van der Waals surface area contributed by atoms with Gasteiger partial charge in [-0.1, -0.05) is 6.42 Å². The molecular weight excluding hydrogens is 200 g/mol. The largest absolute Gasteiger partial charge is 0.343 e. The van der Waals surface area contributed by atoms with Crippen molar-refractivity contribution in [2.24, 2.45) is 17.6 Å². The number of amides is 1. The summed E-state index contributed by atoms with van der Waals surface area (Å²) < 4.78 is 0. The van der Waals surface area contributed by atoms with Crippen LogP contribution in [0.15, 0.2) is 0 Å². The van der Waals surface area contributed by atoms with Crippen molar-refractivity contribution in [3.63, 3.8) is 0 Å². The van der Waals surface area contributed by atoms with Crippen LogP contribution in [0.25, 0.3) is 0 Å². The first kappa shape index (κ1) is 11.9. The SMILES string of the molecule is CCN(CC1CCC1)C(=O)CC(N)C1CC1. The second-order valence-electron chi connectivity index (χ2n) is 5.43. The Bertz CT molecular complexity index is 246. The summed E-state index contributed by atoms with van der Waals surface area (Å²) in [4.78, 5) is 14.0. The number of nitrogens with two attached hydrogens (primary N) is 1. The van der Waals surface area contributed by atoms with Gasteiger partial charge in [-0.3, -0.25) is 4.79 Å². The zero-order chi connectivity index (χ0) is 11.5. The zero-order valence-corrected chi connectivity index (χ0v) is 10.3. The fourth-order valence-corrected chi connectivity index (χ4v) is 2.42. The molecule has 0 radical (unpaired) electrons. The lowest BCUT2D eigenvalue weighted by Gasteiger charge is -2.32. The molecule has 2 N–H and O–H groups in total. The zero-order valence-electron chi connectivity index (χ0n) is 10.3. The third-order valence-electron chi connectivity index (χ3n) is 4.08. The Kier molecular flexibility index (Phi) is 3.85. The predicted molar refractivity (Wildman–Crippen MR) is 64.9 cm³/mol. The second-order valence-corrected chi connectivity index (χ2v) is 5.43. The first-order chi connectivity index (χ1) is 7.70. The molecule has 2 saturated carbocycles. The minimum Gasteiger partial charge on any atom is -0.343 e. The molecule has 0 aromatic heterocycles. The Hall–Kier alpha value is -0.570. The number of hydrogen-bond donors (Lipinski definition) is 1. The van der Waals surface area contributed by atoms with Gasteiger partial charge in [0.15, 0.2) is 0 Å². The Morgan fingerprint density at radius 3 is 2.50 bits per heavy atom. The van der Waals surface area contributed by atoms with E-state index in [2.05, 4.69) is 6.92 Å². The van der Waals surface area contributed by atoms with Crippen LogP contribution >= 0.6 is 0 Å². The van der Waals surface area contributed by atoms with Crippen LogP contribution in [0.1, 0.15) is 45.4 Å². The van der Waals surface area contributed by atoms with Crippen LogP contribution in [-0.2, 0) is 4.79 Å². The van der Waals surface area contributed by atoms with Crippen LogP contribution in [0, 0.1) is 11.8 Å². The second kappa shape index (κ2) is 5.17. The van der Waals surface area contributed by atoms with Crippen LogP contribution in [0.3, 0.4) is 0 Å². The average Bonchev–Trinajstić information content (AvgIpc) is 2.98. The Morgan fingerprint density at radius 1 is 1.38 bits per heavy atom. The minimum absolute atomic E-state index is 0.114. The van der Waals surface area contributed by atoms with Crippen LogP contribution in [-0.4, -0.2) is 29.9 Å². The summed E-state index contributed by atoms with van der Waals surface area (Å²) in [7, 11) is 0. The molecule has 0 heterocycles. The van der Waals surface area contributed by atoms with Crippen molar-refractivity contribution in [3.8, 4) is 0 Å². The normalized spacial score (nSPS) is 22.6. The van der Waals surface area contributed by atoms with Crippen molar-refractivity contribution in [3.05, 3.63) is 0 Å². The van der Waals surface area contributed by atoms with Gasteiger partial charge in [-0.15, -0.1) is 0 Å². The van der Waals surface area contributed by atoms with E-state index in [0.717, 1.165) is 19.0 Å². The topological polar surface area (TPSA) is 46.3 Å². The van der Waals surface area contributed by atoms with Gasteiger partial charge in [-0.25, -0.2) is 0 Å². The van der Waals surface area contributed by atoms with E-state index in [9.17, 15) is 4.79 Å². The summed E-state index contributed by atoms with van der Waals surface area (Å²) in [5.41, 5.74) is 6.00. The molecule has 1 atom stereocenters. The maximum Gasteiger partial charge on any atom is 0.224 e. The van der Waals surface area contributed by atoms with Gasteiger partial charge in [0.05, 0.1) is 0 Å². The average molecular weight is 224 g/mol. The third kappa shape index (κ3) is 2.97. The van der Waals surface area contributed by atoms with E-state index in [1.54, 1.807) is 0 Å². The lowest BCUT2D eigenvalue weighted by Crippen LogP contribution is -2.40. The van der Waals surface area contributed by atoms with Gasteiger partial charge in [0, 0.05) is 25.6 Å². The molecule has 0 saturated heterocycles. The third-order valence-corrected chi connectivity index (χ3v) is 4.08. The minimum atomic E-state index is 0.114. The van der Waals surface area contributed by atoms with Crippen molar-refractivity contribution in [2.75, 3.05) is 13.1 Å². The Morgan fingerprint density at radius 2 is 2.06 bits per heavy atom. The monoisotopic (exact) mass is 224 g/mol. The molecule has 0 spiro atoms. The van der Waals surface area contributed by atoms with Crippen molar-refractivity contribution in [1.29, 1.82) is 0 Å². The summed E-state index contributed by atoms with van der Waals surface area (Å²) in [6.45, 7) is 3.87. The van der Waals surface area contributed by atoms with Crippen molar-refractivity contribution < 1.29 is 4.79 Å². The molecule has 1 amide bonds. The Labute approximate surface area is 98.4 Å². The highest BCUT2D eigenvalue weighted by atomic mass is 16.2. The number of carbonyl (C=O) groups excluding carboxylic acids is 1. The van der Waals surface area contributed by atoms with E-state index >= 15 is 0 Å². The summed E-state index contributed by atoms with van der Waals surface area (Å²) in [6.07, 6.45) is 6.96. The number of nitrogens with zero attached hydrogens (tertiary/aromatic N) is 1. The molecule has 0 aromatic rings. The summed E-state index contributed by atoms with van der Waals surface area (Å²) in [5.74, 6) is 1.67. The molecule has 3 heteroatoms. The first-order valence-corrected chi connectivity index (χ1v) is 6.74. The van der Waals surface area contributed by atoms with Gasteiger partial charge in [-0.05, 0) is 44.4 Å². The van der Waals surface area contributed by atoms with E-state index in [1.165, 1.54) is 32.1 Å². The van der Waals surface area contributed by atoms with Gasteiger partial charge >= 0.3 is 0 Å². The number of carbonyl (C=O) groups is 1. The lowest BCUT2D eigenvalue weighted by molar-refractivity contribution is -0.132. The van der Waals surface area contributed by atoms with E-state index in [1.807, 2.05) is 4.90 Å². The molecule has 3 nitrogen and oxygen atoms in total. The smallest absolute Gasteiger partial charge is 0.224 e.